The molecule has 1 aliphatic rings. The van der Waals surface area contributed by atoms with Gasteiger partial charge in [0.15, 0.2) is 0 Å². The van der Waals surface area contributed by atoms with Crippen LogP contribution in [0.4, 0.5) is 11.4 Å². The van der Waals surface area contributed by atoms with Crippen LogP contribution >= 0.6 is 0 Å². The third kappa shape index (κ3) is 1.96. The van der Waals surface area contributed by atoms with Gasteiger partial charge in [-0.3, -0.25) is 4.79 Å². The van der Waals surface area contributed by atoms with Gasteiger partial charge in [-0.1, -0.05) is 6.92 Å². The highest BCUT2D eigenvalue weighted by Gasteiger charge is 2.27. The highest BCUT2D eigenvalue weighted by molar-refractivity contribution is 5.86. The summed E-state index contributed by atoms with van der Waals surface area (Å²) in [7, 11) is 0. The average Bonchev–Trinajstić information content (AvgIpc) is 2.30. The van der Waals surface area contributed by atoms with Crippen molar-refractivity contribution in [2.45, 2.75) is 19.4 Å². The van der Waals surface area contributed by atoms with Crippen molar-refractivity contribution in [3.05, 3.63) is 24.3 Å². The molecule has 1 aromatic carbocycles. The lowest BCUT2D eigenvalue weighted by Crippen LogP contribution is -2.55. The molecule has 1 saturated heterocycles. The highest BCUT2D eigenvalue weighted by atomic mass is 16.2. The number of nitrogens with zero attached hydrogens (tertiary/aromatic N) is 1. The lowest BCUT2D eigenvalue weighted by molar-refractivity contribution is -0.123. The van der Waals surface area contributed by atoms with Gasteiger partial charge < -0.3 is 16.0 Å². The van der Waals surface area contributed by atoms with E-state index in [0.29, 0.717) is 6.54 Å². The zero-order valence-corrected chi connectivity index (χ0v) is 9.44. The molecule has 0 spiro atoms. The minimum atomic E-state index is -0.0580. The van der Waals surface area contributed by atoms with Crippen molar-refractivity contribution in [3.63, 3.8) is 0 Å². The summed E-state index contributed by atoms with van der Waals surface area (Å²) in [5, 5.41) is 2.89. The van der Waals surface area contributed by atoms with Gasteiger partial charge in [0, 0.05) is 24.5 Å². The van der Waals surface area contributed by atoms with E-state index in [9.17, 15) is 4.79 Å². The smallest absolute Gasteiger partial charge is 0.242 e. The van der Waals surface area contributed by atoms with E-state index in [0.717, 1.165) is 24.3 Å². The van der Waals surface area contributed by atoms with E-state index in [-0.39, 0.29) is 11.9 Å². The summed E-state index contributed by atoms with van der Waals surface area (Å²) in [6.07, 6.45) is 0.816. The summed E-state index contributed by atoms with van der Waals surface area (Å²) >= 11 is 0. The van der Waals surface area contributed by atoms with E-state index < -0.39 is 0 Å². The Balaban J connectivity index is 2.24. The molecular formula is C12H17N3O. The molecule has 16 heavy (non-hydrogen) atoms. The van der Waals surface area contributed by atoms with Crippen LogP contribution in [-0.2, 0) is 4.79 Å². The van der Waals surface area contributed by atoms with Crippen molar-refractivity contribution in [1.82, 2.24) is 5.32 Å². The number of piperazine rings is 1. The number of hydrogen-bond acceptors (Lipinski definition) is 3. The van der Waals surface area contributed by atoms with Crippen molar-refractivity contribution < 1.29 is 4.79 Å². The van der Waals surface area contributed by atoms with Crippen molar-refractivity contribution in [3.8, 4) is 0 Å². The van der Waals surface area contributed by atoms with Crippen LogP contribution in [0.15, 0.2) is 24.3 Å². The monoisotopic (exact) mass is 219 g/mol. The molecule has 1 aromatic rings. The lowest BCUT2D eigenvalue weighted by atomic mass is 10.1. The summed E-state index contributed by atoms with van der Waals surface area (Å²) in [5.41, 5.74) is 7.47. The first kappa shape index (κ1) is 10.8. The molecule has 1 heterocycles. The zero-order chi connectivity index (χ0) is 11.5. The molecule has 0 aliphatic carbocycles. The Morgan fingerprint density at radius 3 is 2.75 bits per heavy atom. The zero-order valence-electron chi connectivity index (χ0n) is 9.44. The number of carbonyl (C=O) groups excluding carboxylic acids is 1. The number of benzene rings is 1. The van der Waals surface area contributed by atoms with Crippen LogP contribution in [0, 0.1) is 0 Å². The first-order valence-electron chi connectivity index (χ1n) is 5.62. The Bertz CT molecular complexity index is 374. The maximum absolute atomic E-state index is 11.7. The maximum atomic E-state index is 11.7. The molecule has 1 amide bonds. The average molecular weight is 219 g/mol. The van der Waals surface area contributed by atoms with E-state index in [1.54, 1.807) is 0 Å². The molecule has 86 valence electrons. The second kappa shape index (κ2) is 4.43. The quantitative estimate of drug-likeness (QED) is 0.729. The maximum Gasteiger partial charge on any atom is 0.242 e. The molecule has 4 nitrogen and oxygen atoms in total. The summed E-state index contributed by atoms with van der Waals surface area (Å²) in [6.45, 7) is 3.59. The predicted octanol–water partition coefficient (Wildman–Crippen LogP) is 0.984. The number of anilines is 2. The molecule has 1 aliphatic heterocycles. The normalized spacial score (nSPS) is 20.7. The minimum Gasteiger partial charge on any atom is -0.399 e. The molecule has 1 atom stereocenters. The fourth-order valence-corrected chi connectivity index (χ4v) is 2.10. The van der Waals surface area contributed by atoms with Gasteiger partial charge in [-0.15, -0.1) is 0 Å². The van der Waals surface area contributed by atoms with E-state index in [1.165, 1.54) is 0 Å². The highest BCUT2D eigenvalue weighted by Crippen LogP contribution is 2.21. The van der Waals surface area contributed by atoms with Crippen LogP contribution in [0.1, 0.15) is 13.3 Å². The van der Waals surface area contributed by atoms with E-state index in [4.69, 9.17) is 5.73 Å². The summed E-state index contributed by atoms with van der Waals surface area (Å²) in [4.78, 5) is 13.8. The molecule has 4 heteroatoms. The third-order valence-electron chi connectivity index (χ3n) is 2.94. The molecule has 3 N–H and O–H groups in total. The van der Waals surface area contributed by atoms with Crippen molar-refractivity contribution in [1.29, 1.82) is 0 Å². The standard InChI is InChI=1S/C12H17N3O/c1-2-11-12(16)14-7-8-15(11)10-5-3-9(13)4-6-10/h3-6,11H,2,7-8,13H2,1H3,(H,14,16). The fourth-order valence-electron chi connectivity index (χ4n) is 2.10. The van der Waals surface area contributed by atoms with Gasteiger partial charge in [-0.2, -0.15) is 0 Å². The number of rotatable bonds is 2. The number of hydrogen-bond donors (Lipinski definition) is 2. The molecule has 0 bridgehead atoms. The van der Waals surface area contributed by atoms with Gasteiger partial charge >= 0.3 is 0 Å². The number of amides is 1. The predicted molar refractivity (Wildman–Crippen MR) is 65.3 cm³/mol. The molecule has 1 unspecified atom stereocenters. The summed E-state index contributed by atoms with van der Waals surface area (Å²) < 4.78 is 0. The van der Waals surface area contributed by atoms with E-state index in [2.05, 4.69) is 10.2 Å². The fraction of sp³-hybridized carbons (Fsp3) is 0.417. The topological polar surface area (TPSA) is 58.4 Å². The van der Waals surface area contributed by atoms with Crippen molar-refractivity contribution >= 4 is 17.3 Å². The SMILES string of the molecule is CCC1C(=O)NCCN1c1ccc(N)cc1. The Hall–Kier alpha value is -1.71. The summed E-state index contributed by atoms with van der Waals surface area (Å²) in [6, 6.07) is 7.62. The van der Waals surface area contributed by atoms with Gasteiger partial charge in [-0.05, 0) is 30.7 Å². The Labute approximate surface area is 95.4 Å². The Morgan fingerprint density at radius 2 is 2.12 bits per heavy atom. The first-order chi connectivity index (χ1) is 7.72. The van der Waals surface area contributed by atoms with Crippen LogP contribution in [0.5, 0.6) is 0 Å². The molecule has 0 saturated carbocycles. The molecule has 0 radical (unpaired) electrons. The number of carbonyl (C=O) groups is 1. The third-order valence-corrected chi connectivity index (χ3v) is 2.94. The minimum absolute atomic E-state index is 0.0580. The van der Waals surface area contributed by atoms with Crippen molar-refractivity contribution in [2.75, 3.05) is 23.7 Å². The number of nitrogen functional groups attached to an aromatic ring is 1. The second-order valence-electron chi connectivity index (χ2n) is 4.00. The van der Waals surface area contributed by atoms with Gasteiger partial charge in [0.2, 0.25) is 5.91 Å². The van der Waals surface area contributed by atoms with Gasteiger partial charge in [0.05, 0.1) is 0 Å². The molecule has 2 rings (SSSR count). The van der Waals surface area contributed by atoms with Crippen LogP contribution in [0.3, 0.4) is 0 Å². The van der Waals surface area contributed by atoms with Crippen LogP contribution < -0.4 is 16.0 Å². The second-order valence-corrected chi connectivity index (χ2v) is 4.00. The number of nitrogens with two attached hydrogens (primary N) is 1. The van der Waals surface area contributed by atoms with E-state index in [1.807, 2.05) is 31.2 Å². The van der Waals surface area contributed by atoms with Gasteiger partial charge in [0.25, 0.3) is 0 Å². The first-order valence-corrected chi connectivity index (χ1v) is 5.62. The number of nitrogens with one attached hydrogen (secondary N) is 1. The Morgan fingerprint density at radius 1 is 1.44 bits per heavy atom. The summed E-state index contributed by atoms with van der Waals surface area (Å²) in [5.74, 6) is 0.116. The van der Waals surface area contributed by atoms with E-state index >= 15 is 0 Å². The van der Waals surface area contributed by atoms with Crippen LogP contribution in [0.2, 0.25) is 0 Å². The van der Waals surface area contributed by atoms with Crippen LogP contribution in [0.25, 0.3) is 0 Å². The molecule has 0 aromatic heterocycles. The lowest BCUT2D eigenvalue weighted by Gasteiger charge is -2.36. The van der Waals surface area contributed by atoms with Crippen LogP contribution in [-0.4, -0.2) is 25.0 Å². The van der Waals surface area contributed by atoms with Crippen molar-refractivity contribution in [2.24, 2.45) is 0 Å². The van der Waals surface area contributed by atoms with Gasteiger partial charge in [-0.25, -0.2) is 0 Å². The Kier molecular flexibility index (Phi) is 2.99. The largest absolute Gasteiger partial charge is 0.399 e. The molecule has 1 fully saturated rings. The molecular weight excluding hydrogens is 202 g/mol. The van der Waals surface area contributed by atoms with Gasteiger partial charge in [0.1, 0.15) is 6.04 Å².